The molecule has 138 valence electrons. The first-order valence-corrected chi connectivity index (χ1v) is 9.27. The first kappa shape index (κ1) is 18.3. The Kier molecular flexibility index (Phi) is 4.90. The van der Waals surface area contributed by atoms with Gasteiger partial charge >= 0.3 is 0 Å². The van der Waals surface area contributed by atoms with E-state index in [0.29, 0.717) is 22.3 Å². The van der Waals surface area contributed by atoms with Gasteiger partial charge in [0.25, 0.3) is 11.8 Å². The maximum Gasteiger partial charge on any atom is 0.266 e. The zero-order valence-corrected chi connectivity index (χ0v) is 16.0. The number of hydrogen-bond acceptors (Lipinski definition) is 2. The van der Waals surface area contributed by atoms with Crippen LogP contribution in [0.1, 0.15) is 20.7 Å². The molecule has 0 bridgehead atoms. The summed E-state index contributed by atoms with van der Waals surface area (Å²) in [5, 5.41) is 3.54. The summed E-state index contributed by atoms with van der Waals surface area (Å²) in [6.45, 7) is 0. The summed E-state index contributed by atoms with van der Waals surface area (Å²) in [6.07, 6.45) is 0. The molecule has 4 aromatic carbocycles. The molecule has 0 saturated carbocycles. The van der Waals surface area contributed by atoms with Gasteiger partial charge in [-0.15, -0.1) is 0 Å². The molecule has 4 aromatic rings. The van der Waals surface area contributed by atoms with E-state index in [1.165, 1.54) is 0 Å². The summed E-state index contributed by atoms with van der Waals surface area (Å²) in [7, 11) is 0. The summed E-state index contributed by atoms with van der Waals surface area (Å²) in [5.74, 6) is -0.903. The second kappa shape index (κ2) is 7.50. The van der Waals surface area contributed by atoms with E-state index in [2.05, 4.69) is 9.67 Å². The van der Waals surface area contributed by atoms with Gasteiger partial charge in [-0.1, -0.05) is 60.7 Å². The number of carbonyl (C=O) groups is 2. The smallest absolute Gasteiger partial charge is 0.266 e. The Morgan fingerprint density at radius 2 is 0.964 bits per heavy atom. The Balaban J connectivity index is 2.23. The highest BCUT2D eigenvalue weighted by Gasteiger charge is 2.22. The van der Waals surface area contributed by atoms with Crippen molar-refractivity contribution < 1.29 is 9.59 Å². The van der Waals surface area contributed by atoms with Crippen LogP contribution in [0.5, 0.6) is 0 Å². The number of halogens is 2. The minimum atomic E-state index is -0.451. The van der Waals surface area contributed by atoms with E-state index in [0.717, 1.165) is 21.5 Å². The van der Waals surface area contributed by atoms with E-state index in [4.69, 9.17) is 23.6 Å². The summed E-state index contributed by atoms with van der Waals surface area (Å²) in [6, 6.07) is 22.5. The lowest BCUT2D eigenvalue weighted by atomic mass is 9.86. The third-order valence-electron chi connectivity index (χ3n) is 4.77. The number of benzene rings is 4. The van der Waals surface area contributed by atoms with Gasteiger partial charge in [-0.3, -0.25) is 19.3 Å². The van der Waals surface area contributed by atoms with Gasteiger partial charge in [0, 0.05) is 45.8 Å². The first-order chi connectivity index (χ1) is 13.7. The molecule has 0 aromatic heterocycles. The molecule has 0 spiro atoms. The van der Waals surface area contributed by atoms with Crippen LogP contribution >= 0.6 is 23.6 Å². The van der Waals surface area contributed by atoms with Crippen LogP contribution in [0.3, 0.4) is 0 Å². The second-order valence-corrected chi connectivity index (χ2v) is 6.64. The van der Waals surface area contributed by atoms with Gasteiger partial charge in [-0.2, -0.15) is 0 Å². The van der Waals surface area contributed by atoms with Crippen molar-refractivity contribution in [2.24, 2.45) is 0 Å². The van der Waals surface area contributed by atoms with Crippen LogP contribution in [0.4, 0.5) is 0 Å². The van der Waals surface area contributed by atoms with Crippen molar-refractivity contribution in [2.45, 2.75) is 0 Å². The fraction of sp³-hybridized carbons (Fsp3) is 0. The molecule has 0 aliphatic carbocycles. The van der Waals surface area contributed by atoms with Gasteiger partial charge in [0.2, 0.25) is 0 Å². The van der Waals surface area contributed by atoms with Crippen molar-refractivity contribution in [3.63, 3.8) is 0 Å². The van der Waals surface area contributed by atoms with Crippen molar-refractivity contribution in [3.05, 3.63) is 83.9 Å². The number of rotatable bonds is 3. The molecule has 0 saturated heterocycles. The van der Waals surface area contributed by atoms with E-state index < -0.39 is 11.8 Å². The minimum absolute atomic E-state index is 0.369. The molecule has 4 rings (SSSR count). The Morgan fingerprint density at radius 3 is 1.36 bits per heavy atom. The third kappa shape index (κ3) is 2.97. The van der Waals surface area contributed by atoms with Crippen LogP contribution in [-0.2, 0) is 0 Å². The van der Waals surface area contributed by atoms with Crippen molar-refractivity contribution in [2.75, 3.05) is 0 Å². The molecular weight excluding hydrogens is 395 g/mol. The van der Waals surface area contributed by atoms with Gasteiger partial charge in [0.05, 0.1) is 0 Å². The minimum Gasteiger partial charge on any atom is -0.268 e. The molecule has 0 aliphatic heterocycles. The molecule has 2 N–H and O–H groups in total. The molecule has 0 fully saturated rings. The number of nitrogens with one attached hydrogen (secondary N) is 2. The average molecular weight is 409 g/mol. The highest BCUT2D eigenvalue weighted by molar-refractivity contribution is 6.29. The standard InChI is InChI=1S/C22H14Cl2N2O2/c23-25-21(27)17-11-9-13-5-1-3-7-15(13)19(17)20-16-8-4-2-6-14(16)10-12-18(20)22(28)26-24/h1-12H,(H,25,27)(H,26,28). The molecule has 6 heteroatoms. The zero-order valence-electron chi connectivity index (χ0n) is 14.5. The second-order valence-electron chi connectivity index (χ2n) is 6.27. The Hall–Kier alpha value is -3.08. The molecule has 0 radical (unpaired) electrons. The van der Waals surface area contributed by atoms with Gasteiger partial charge < -0.3 is 0 Å². The molecule has 0 atom stereocenters. The summed E-state index contributed by atoms with van der Waals surface area (Å²) >= 11 is 11.3. The van der Waals surface area contributed by atoms with Crippen molar-refractivity contribution in [3.8, 4) is 11.1 Å². The fourth-order valence-electron chi connectivity index (χ4n) is 3.56. The molecule has 0 aliphatic rings. The Labute approximate surface area is 171 Å². The van der Waals surface area contributed by atoms with E-state index in [1.807, 2.05) is 60.7 Å². The monoisotopic (exact) mass is 408 g/mol. The summed E-state index contributed by atoms with van der Waals surface area (Å²) in [5.41, 5.74) is 1.99. The predicted molar refractivity (Wildman–Crippen MR) is 114 cm³/mol. The van der Waals surface area contributed by atoms with Crippen LogP contribution in [-0.4, -0.2) is 11.8 Å². The number of hydrogen-bond donors (Lipinski definition) is 2. The van der Waals surface area contributed by atoms with Crippen LogP contribution < -0.4 is 9.67 Å². The molecule has 28 heavy (non-hydrogen) atoms. The molecular formula is C22H14Cl2N2O2. The number of amides is 2. The average Bonchev–Trinajstić information content (AvgIpc) is 2.76. The molecule has 0 unspecified atom stereocenters. The lowest BCUT2D eigenvalue weighted by Gasteiger charge is -2.17. The molecule has 0 heterocycles. The maximum atomic E-state index is 12.6. The SMILES string of the molecule is O=C(NCl)c1ccc2ccccc2c1-c1c(C(=O)NCl)ccc2ccccc12. The fourth-order valence-corrected chi connectivity index (χ4v) is 3.77. The topological polar surface area (TPSA) is 58.2 Å². The van der Waals surface area contributed by atoms with E-state index in [-0.39, 0.29) is 0 Å². The van der Waals surface area contributed by atoms with Crippen molar-refractivity contribution in [1.29, 1.82) is 0 Å². The number of fused-ring (bicyclic) bond motifs is 2. The number of carbonyl (C=O) groups excluding carboxylic acids is 2. The highest BCUT2D eigenvalue weighted by Crippen LogP contribution is 2.39. The lowest BCUT2D eigenvalue weighted by molar-refractivity contribution is 0.0972. The van der Waals surface area contributed by atoms with E-state index in [1.54, 1.807) is 12.1 Å². The summed E-state index contributed by atoms with van der Waals surface area (Å²) in [4.78, 5) is 29.5. The molecule has 2 amide bonds. The molecule has 4 nitrogen and oxygen atoms in total. The maximum absolute atomic E-state index is 12.6. The third-order valence-corrected chi connectivity index (χ3v) is 5.11. The Morgan fingerprint density at radius 1 is 0.571 bits per heavy atom. The van der Waals surface area contributed by atoms with Gasteiger partial charge in [0.1, 0.15) is 0 Å². The van der Waals surface area contributed by atoms with E-state index in [9.17, 15) is 9.59 Å². The first-order valence-electron chi connectivity index (χ1n) is 8.51. The van der Waals surface area contributed by atoms with Gasteiger partial charge in [-0.25, -0.2) is 0 Å². The lowest BCUT2D eigenvalue weighted by Crippen LogP contribution is -2.17. The van der Waals surface area contributed by atoms with Crippen LogP contribution in [0.2, 0.25) is 0 Å². The predicted octanol–water partition coefficient (Wildman–Crippen LogP) is 5.43. The Bertz CT molecular complexity index is 1140. The van der Waals surface area contributed by atoms with Gasteiger partial charge in [-0.05, 0) is 33.7 Å². The summed E-state index contributed by atoms with van der Waals surface area (Å²) < 4.78 is 0. The van der Waals surface area contributed by atoms with Crippen molar-refractivity contribution in [1.82, 2.24) is 9.67 Å². The quantitative estimate of drug-likeness (QED) is 0.444. The normalized spacial score (nSPS) is 10.8. The van der Waals surface area contributed by atoms with Crippen LogP contribution in [0, 0.1) is 0 Å². The van der Waals surface area contributed by atoms with Gasteiger partial charge in [0.15, 0.2) is 0 Å². The van der Waals surface area contributed by atoms with Crippen molar-refractivity contribution >= 4 is 56.9 Å². The highest BCUT2D eigenvalue weighted by atomic mass is 35.5. The zero-order chi connectivity index (χ0) is 19.7. The largest absolute Gasteiger partial charge is 0.268 e. The van der Waals surface area contributed by atoms with E-state index >= 15 is 0 Å². The van der Waals surface area contributed by atoms with Crippen LogP contribution in [0.25, 0.3) is 32.7 Å². The van der Waals surface area contributed by atoms with Crippen LogP contribution in [0.15, 0.2) is 72.8 Å².